The van der Waals surface area contributed by atoms with Crippen LogP contribution in [0.4, 0.5) is 19.0 Å². The molecule has 21 heavy (non-hydrogen) atoms. The van der Waals surface area contributed by atoms with Gasteiger partial charge in [0.2, 0.25) is 0 Å². The van der Waals surface area contributed by atoms with Gasteiger partial charge in [0.05, 0.1) is 18.8 Å². The molecular formula is C12H16F3N3O3. The Hall–Kier alpha value is -1.87. The lowest BCUT2D eigenvalue weighted by atomic mass is 10.2. The molecule has 0 spiro atoms. The number of rotatable bonds is 7. The number of halogens is 3. The van der Waals surface area contributed by atoms with Crippen LogP contribution in [0.3, 0.4) is 0 Å². The summed E-state index contributed by atoms with van der Waals surface area (Å²) in [6.07, 6.45) is -4.64. The highest BCUT2D eigenvalue weighted by Gasteiger charge is 2.34. The second-order valence-electron chi connectivity index (χ2n) is 4.13. The Morgan fingerprint density at radius 3 is 2.57 bits per heavy atom. The minimum atomic E-state index is -4.64. The summed E-state index contributed by atoms with van der Waals surface area (Å²) in [6.45, 7) is 0.0274. The number of aromatic nitrogens is 1. The Morgan fingerprint density at radius 1 is 1.43 bits per heavy atom. The molecule has 1 aromatic rings. The lowest BCUT2D eigenvalue weighted by Crippen LogP contribution is -2.33. The number of pyridine rings is 1. The number of carbonyl (C=O) groups is 1. The fraction of sp³-hybridized carbons (Fsp3) is 0.500. The Balaban J connectivity index is 3.28. The zero-order valence-electron chi connectivity index (χ0n) is 11.4. The fourth-order valence-electron chi connectivity index (χ4n) is 1.69. The summed E-state index contributed by atoms with van der Waals surface area (Å²) in [5.74, 6) is -1.12. The number of hydrogen-bond acceptors (Lipinski definition) is 5. The second kappa shape index (κ2) is 7.23. The quantitative estimate of drug-likeness (QED) is 0.772. The Labute approximate surface area is 119 Å². The van der Waals surface area contributed by atoms with E-state index in [4.69, 9.17) is 15.6 Å². The number of primary amides is 1. The van der Waals surface area contributed by atoms with E-state index in [-0.39, 0.29) is 37.7 Å². The normalized spacial score (nSPS) is 11.5. The molecule has 3 N–H and O–H groups in total. The lowest BCUT2D eigenvalue weighted by Gasteiger charge is -2.25. The van der Waals surface area contributed by atoms with Gasteiger partial charge >= 0.3 is 6.18 Å². The van der Waals surface area contributed by atoms with E-state index >= 15 is 0 Å². The van der Waals surface area contributed by atoms with Crippen molar-refractivity contribution in [2.45, 2.75) is 6.18 Å². The largest absolute Gasteiger partial charge is 0.433 e. The van der Waals surface area contributed by atoms with Gasteiger partial charge in [-0.3, -0.25) is 4.79 Å². The van der Waals surface area contributed by atoms with Crippen molar-refractivity contribution in [3.05, 3.63) is 23.4 Å². The smallest absolute Gasteiger partial charge is 0.395 e. The highest BCUT2D eigenvalue weighted by molar-refractivity contribution is 5.97. The molecular weight excluding hydrogens is 291 g/mol. The summed E-state index contributed by atoms with van der Waals surface area (Å²) in [5, 5.41) is 9.01. The number of aliphatic hydroxyl groups is 1. The zero-order valence-corrected chi connectivity index (χ0v) is 11.4. The van der Waals surface area contributed by atoms with E-state index in [9.17, 15) is 18.0 Å². The molecule has 1 rings (SSSR count). The first-order chi connectivity index (χ1) is 9.81. The van der Waals surface area contributed by atoms with Crippen LogP contribution in [-0.2, 0) is 10.9 Å². The summed E-state index contributed by atoms with van der Waals surface area (Å²) < 4.78 is 43.0. The number of methoxy groups -OCH3 is 1. The average molecular weight is 307 g/mol. The van der Waals surface area contributed by atoms with Gasteiger partial charge in [0, 0.05) is 20.2 Å². The maximum absolute atomic E-state index is 12.7. The first kappa shape index (κ1) is 17.2. The molecule has 0 aliphatic carbocycles. The van der Waals surface area contributed by atoms with E-state index in [2.05, 4.69) is 4.98 Å². The fourth-order valence-corrected chi connectivity index (χ4v) is 1.69. The number of alkyl halides is 3. The van der Waals surface area contributed by atoms with Gasteiger partial charge in [-0.2, -0.15) is 13.2 Å². The van der Waals surface area contributed by atoms with E-state index in [1.807, 2.05) is 0 Å². The van der Waals surface area contributed by atoms with Crippen LogP contribution in [0.25, 0.3) is 0 Å². The van der Waals surface area contributed by atoms with Crippen molar-refractivity contribution in [1.29, 1.82) is 0 Å². The van der Waals surface area contributed by atoms with Crippen LogP contribution in [0, 0.1) is 0 Å². The number of ether oxygens (including phenoxy) is 1. The number of nitrogens with two attached hydrogens (primary N) is 1. The van der Waals surface area contributed by atoms with Gasteiger partial charge in [-0.25, -0.2) is 4.98 Å². The molecule has 0 atom stereocenters. The SMILES string of the molecule is COCCN(CCO)c1nc(C(F)(F)F)ccc1C(N)=O. The van der Waals surface area contributed by atoms with Crippen LogP contribution in [0.2, 0.25) is 0 Å². The van der Waals surface area contributed by atoms with Crippen molar-refractivity contribution in [2.24, 2.45) is 5.73 Å². The van der Waals surface area contributed by atoms with Crippen LogP contribution in [0.15, 0.2) is 12.1 Å². The third-order valence-electron chi connectivity index (χ3n) is 2.67. The van der Waals surface area contributed by atoms with Crippen LogP contribution in [0.1, 0.15) is 16.1 Å². The summed E-state index contributed by atoms with van der Waals surface area (Å²) in [5.41, 5.74) is 3.87. The summed E-state index contributed by atoms with van der Waals surface area (Å²) >= 11 is 0. The van der Waals surface area contributed by atoms with Gasteiger partial charge in [-0.05, 0) is 12.1 Å². The average Bonchev–Trinajstić information content (AvgIpc) is 2.41. The molecule has 1 amide bonds. The van der Waals surface area contributed by atoms with Crippen LogP contribution in [0.5, 0.6) is 0 Å². The molecule has 0 unspecified atom stereocenters. The highest BCUT2D eigenvalue weighted by Crippen LogP contribution is 2.30. The van der Waals surface area contributed by atoms with Crippen LogP contribution >= 0.6 is 0 Å². The predicted molar refractivity (Wildman–Crippen MR) is 68.9 cm³/mol. The molecule has 6 nitrogen and oxygen atoms in total. The van der Waals surface area contributed by atoms with Gasteiger partial charge in [0.15, 0.2) is 0 Å². The molecule has 1 aromatic heterocycles. The van der Waals surface area contributed by atoms with Crippen LogP contribution in [-0.4, -0.2) is 49.4 Å². The van der Waals surface area contributed by atoms with Gasteiger partial charge < -0.3 is 20.5 Å². The molecule has 0 aliphatic heterocycles. The van der Waals surface area contributed by atoms with Crippen molar-refractivity contribution in [3.63, 3.8) is 0 Å². The second-order valence-corrected chi connectivity index (χ2v) is 4.13. The molecule has 9 heteroatoms. The molecule has 0 aromatic carbocycles. The van der Waals surface area contributed by atoms with Crippen molar-refractivity contribution in [3.8, 4) is 0 Å². The molecule has 0 saturated heterocycles. The molecule has 0 aliphatic rings. The minimum absolute atomic E-state index is 0.00203. The lowest BCUT2D eigenvalue weighted by molar-refractivity contribution is -0.141. The van der Waals surface area contributed by atoms with Gasteiger partial charge in [0.25, 0.3) is 5.91 Å². The van der Waals surface area contributed by atoms with Crippen LogP contribution < -0.4 is 10.6 Å². The first-order valence-corrected chi connectivity index (χ1v) is 6.04. The third-order valence-corrected chi connectivity index (χ3v) is 2.67. The van der Waals surface area contributed by atoms with Crippen molar-refractivity contribution >= 4 is 11.7 Å². The standard InChI is InChI=1S/C12H16F3N3O3/c1-21-7-5-18(4-6-19)11-8(10(16)20)2-3-9(17-11)12(13,14)15/h2-3,19H,4-7H2,1H3,(H2,16,20). The number of anilines is 1. The van der Waals surface area contributed by atoms with Crippen molar-refractivity contribution < 1.29 is 27.8 Å². The van der Waals surface area contributed by atoms with E-state index in [1.165, 1.54) is 12.0 Å². The zero-order chi connectivity index (χ0) is 16.0. The van der Waals surface area contributed by atoms with Gasteiger partial charge in [-0.1, -0.05) is 0 Å². The Morgan fingerprint density at radius 2 is 2.10 bits per heavy atom. The van der Waals surface area contributed by atoms with Gasteiger partial charge in [0.1, 0.15) is 11.5 Å². The number of amides is 1. The number of aliphatic hydroxyl groups excluding tert-OH is 1. The molecule has 0 bridgehead atoms. The minimum Gasteiger partial charge on any atom is -0.395 e. The van der Waals surface area contributed by atoms with Crippen molar-refractivity contribution in [1.82, 2.24) is 4.98 Å². The maximum atomic E-state index is 12.7. The molecule has 118 valence electrons. The van der Waals surface area contributed by atoms with E-state index in [1.54, 1.807) is 0 Å². The number of hydrogen-bond donors (Lipinski definition) is 2. The van der Waals surface area contributed by atoms with E-state index < -0.39 is 17.8 Å². The van der Waals surface area contributed by atoms with E-state index in [0.717, 1.165) is 6.07 Å². The summed E-state index contributed by atoms with van der Waals surface area (Å²) in [4.78, 5) is 16.1. The molecule has 1 heterocycles. The molecule has 0 saturated carbocycles. The topological polar surface area (TPSA) is 88.7 Å². The highest BCUT2D eigenvalue weighted by atomic mass is 19.4. The monoisotopic (exact) mass is 307 g/mol. The van der Waals surface area contributed by atoms with Crippen molar-refractivity contribution in [2.75, 3.05) is 38.3 Å². The van der Waals surface area contributed by atoms with E-state index in [0.29, 0.717) is 6.07 Å². The summed E-state index contributed by atoms with van der Waals surface area (Å²) in [7, 11) is 1.42. The maximum Gasteiger partial charge on any atom is 0.433 e. The Kier molecular flexibility index (Phi) is 5.91. The molecule has 0 radical (unpaired) electrons. The van der Waals surface area contributed by atoms with Gasteiger partial charge in [-0.15, -0.1) is 0 Å². The number of nitrogens with zero attached hydrogens (tertiary/aromatic N) is 2. The third kappa shape index (κ3) is 4.57. The number of carbonyl (C=O) groups excluding carboxylic acids is 1. The summed E-state index contributed by atoms with van der Waals surface area (Å²) in [6, 6.07) is 1.67. The predicted octanol–water partition coefficient (Wildman–Crippen LogP) is 0.644. The molecule has 0 fully saturated rings. The first-order valence-electron chi connectivity index (χ1n) is 6.04. The Bertz CT molecular complexity index is 494.